The first-order valence-corrected chi connectivity index (χ1v) is 11.7. The summed E-state index contributed by atoms with van der Waals surface area (Å²) >= 11 is 0. The lowest BCUT2D eigenvalue weighted by atomic mass is 9.67. The normalized spacial score (nSPS) is 19.2. The molecule has 2 bridgehead atoms. The van der Waals surface area contributed by atoms with E-state index in [1.165, 1.54) is 36.8 Å². The molecule has 0 aliphatic heterocycles. The molecule has 0 saturated heterocycles. The number of hydrogen-bond donors (Lipinski definition) is 0. The van der Waals surface area contributed by atoms with Crippen molar-refractivity contribution in [1.82, 2.24) is 24.8 Å². The van der Waals surface area contributed by atoms with Crippen LogP contribution >= 0.6 is 0 Å². The van der Waals surface area contributed by atoms with Gasteiger partial charge in [-0.15, -0.1) is 15.3 Å². The largest absolute Gasteiger partial charge is 0.470 e. The molecule has 0 N–H and O–H groups in total. The summed E-state index contributed by atoms with van der Waals surface area (Å²) < 4.78 is 8.30. The molecule has 3 aliphatic rings. The molecule has 2 aromatic carbocycles. The van der Waals surface area contributed by atoms with E-state index in [2.05, 4.69) is 22.3 Å². The summed E-state index contributed by atoms with van der Waals surface area (Å²) in [7, 11) is 0. The number of hydrogen-bond acceptors (Lipinski definition) is 5. The number of ether oxygens (including phenoxy) is 1. The topological polar surface area (TPSA) is 65.2 Å². The van der Waals surface area contributed by atoms with Gasteiger partial charge in [-0.05, 0) is 49.7 Å². The highest BCUT2D eigenvalue weighted by Crippen LogP contribution is 2.53. The van der Waals surface area contributed by atoms with Crippen molar-refractivity contribution in [3.63, 3.8) is 0 Å². The fourth-order valence-corrected chi connectivity index (χ4v) is 5.60. The van der Waals surface area contributed by atoms with Crippen LogP contribution in [-0.2, 0) is 6.61 Å². The Bertz CT molecular complexity index is 1490. The number of aromatic nitrogens is 5. The molecule has 0 spiro atoms. The Morgan fingerprint density at radius 2 is 1.55 bits per heavy atom. The Morgan fingerprint density at radius 1 is 0.788 bits per heavy atom. The monoisotopic (exact) mass is 433 g/mol. The van der Waals surface area contributed by atoms with Gasteiger partial charge in [-0.1, -0.05) is 54.6 Å². The number of nitrogens with zero attached hydrogens (tertiary/aromatic N) is 5. The molecule has 0 amide bonds. The summed E-state index contributed by atoms with van der Waals surface area (Å²) in [6.45, 7) is 0.385. The second kappa shape index (κ2) is 7.37. The zero-order valence-corrected chi connectivity index (χ0v) is 18.2. The minimum atomic E-state index is 0.385. The first-order chi connectivity index (χ1) is 16.3. The van der Waals surface area contributed by atoms with Gasteiger partial charge in [0.15, 0.2) is 11.5 Å². The zero-order chi connectivity index (χ0) is 21.8. The van der Waals surface area contributed by atoms with Crippen molar-refractivity contribution in [1.29, 1.82) is 0 Å². The number of rotatable bonds is 4. The standard InChI is InChI=1S/C27H23N5O/c1-2-7-20(8-3-1)25-29-30-26-23-18-10-12-19(13-11-18)24(23)27(31-32(25)26)33-16-21-15-14-17-6-4-5-9-22(17)28-21/h1-9,14-15,18-19H,10-13,16H2. The molecular weight excluding hydrogens is 410 g/mol. The van der Waals surface area contributed by atoms with Crippen molar-refractivity contribution >= 4 is 16.6 Å². The summed E-state index contributed by atoms with van der Waals surface area (Å²) in [6, 6.07) is 22.4. The smallest absolute Gasteiger partial charge is 0.236 e. The van der Waals surface area contributed by atoms with Crippen LogP contribution in [0.2, 0.25) is 0 Å². The summed E-state index contributed by atoms with van der Waals surface area (Å²) in [6.07, 6.45) is 4.80. The van der Waals surface area contributed by atoms with Crippen molar-refractivity contribution in [3.05, 3.63) is 83.6 Å². The van der Waals surface area contributed by atoms with Gasteiger partial charge < -0.3 is 4.74 Å². The number of pyridine rings is 1. The number of benzene rings is 2. The SMILES string of the molecule is c1ccc(-c2nnc3c4c(c(OCc5ccc6ccccc6n5)nn23)C2CCC4CC2)cc1. The third-order valence-corrected chi connectivity index (χ3v) is 7.18. The highest BCUT2D eigenvalue weighted by molar-refractivity contribution is 5.78. The van der Waals surface area contributed by atoms with Crippen LogP contribution in [0.5, 0.6) is 5.88 Å². The van der Waals surface area contributed by atoms with Gasteiger partial charge in [0.25, 0.3) is 0 Å². The van der Waals surface area contributed by atoms with E-state index >= 15 is 0 Å². The fraction of sp³-hybridized carbons (Fsp3) is 0.259. The molecule has 33 heavy (non-hydrogen) atoms. The van der Waals surface area contributed by atoms with Crippen molar-refractivity contribution < 1.29 is 4.74 Å². The maximum Gasteiger partial charge on any atom is 0.236 e. The van der Waals surface area contributed by atoms with Crippen LogP contribution in [0.4, 0.5) is 0 Å². The number of fused-ring (bicyclic) bond motifs is 4. The third-order valence-electron chi connectivity index (χ3n) is 7.18. The van der Waals surface area contributed by atoms with Gasteiger partial charge in [-0.2, -0.15) is 4.52 Å². The van der Waals surface area contributed by atoms with Crippen molar-refractivity contribution in [2.24, 2.45) is 0 Å². The van der Waals surface area contributed by atoms with Crippen molar-refractivity contribution in [2.75, 3.05) is 0 Å². The van der Waals surface area contributed by atoms with Crippen LogP contribution in [0, 0.1) is 0 Å². The minimum Gasteiger partial charge on any atom is -0.470 e. The Kier molecular flexibility index (Phi) is 4.19. The van der Waals surface area contributed by atoms with Crippen LogP contribution in [0.25, 0.3) is 27.9 Å². The highest BCUT2D eigenvalue weighted by atomic mass is 16.5. The maximum absolute atomic E-state index is 6.41. The van der Waals surface area contributed by atoms with E-state index in [4.69, 9.17) is 14.8 Å². The molecule has 3 aliphatic carbocycles. The lowest BCUT2D eigenvalue weighted by Crippen LogP contribution is -2.25. The molecule has 6 heteroatoms. The van der Waals surface area contributed by atoms with E-state index < -0.39 is 0 Å². The average molecular weight is 434 g/mol. The molecule has 1 fully saturated rings. The van der Waals surface area contributed by atoms with E-state index in [-0.39, 0.29) is 0 Å². The molecule has 0 atom stereocenters. The van der Waals surface area contributed by atoms with Gasteiger partial charge in [0.2, 0.25) is 5.88 Å². The molecule has 3 aromatic heterocycles. The van der Waals surface area contributed by atoms with Crippen LogP contribution in [0.3, 0.4) is 0 Å². The van der Waals surface area contributed by atoms with E-state index in [9.17, 15) is 0 Å². The van der Waals surface area contributed by atoms with Gasteiger partial charge in [-0.25, -0.2) is 4.98 Å². The van der Waals surface area contributed by atoms with E-state index in [0.29, 0.717) is 24.3 Å². The molecule has 162 valence electrons. The molecule has 5 aromatic rings. The Labute approximate surface area is 191 Å². The van der Waals surface area contributed by atoms with Gasteiger partial charge >= 0.3 is 0 Å². The number of para-hydroxylation sites is 1. The second-order valence-electron chi connectivity index (χ2n) is 9.09. The van der Waals surface area contributed by atoms with Crippen molar-refractivity contribution in [2.45, 2.75) is 44.1 Å². The Hall–Kier alpha value is -3.80. The van der Waals surface area contributed by atoms with Crippen LogP contribution in [0.1, 0.15) is 54.3 Å². The van der Waals surface area contributed by atoms with Gasteiger partial charge in [-0.3, -0.25) is 0 Å². The molecule has 8 rings (SSSR count). The summed E-state index contributed by atoms with van der Waals surface area (Å²) in [5.41, 5.74) is 6.31. The van der Waals surface area contributed by atoms with Crippen LogP contribution < -0.4 is 4.74 Å². The molecule has 0 unspecified atom stereocenters. The first-order valence-electron chi connectivity index (χ1n) is 11.7. The molecular formula is C27H23N5O. The lowest BCUT2D eigenvalue weighted by Gasteiger charge is -2.38. The van der Waals surface area contributed by atoms with Gasteiger partial charge in [0, 0.05) is 22.1 Å². The molecule has 0 radical (unpaired) electrons. The Morgan fingerprint density at radius 3 is 2.39 bits per heavy atom. The fourth-order valence-electron chi connectivity index (χ4n) is 5.60. The predicted molar refractivity (Wildman–Crippen MR) is 126 cm³/mol. The summed E-state index contributed by atoms with van der Waals surface area (Å²) in [5.74, 6) is 2.45. The van der Waals surface area contributed by atoms with E-state index in [1.54, 1.807) is 0 Å². The average Bonchev–Trinajstić information content (AvgIpc) is 3.32. The predicted octanol–water partition coefficient (Wildman–Crippen LogP) is 5.67. The third kappa shape index (κ3) is 3.01. The zero-order valence-electron chi connectivity index (χ0n) is 18.2. The van der Waals surface area contributed by atoms with E-state index in [0.717, 1.165) is 33.6 Å². The molecule has 3 heterocycles. The minimum absolute atomic E-state index is 0.385. The summed E-state index contributed by atoms with van der Waals surface area (Å²) in [4.78, 5) is 4.78. The second-order valence-corrected chi connectivity index (χ2v) is 9.09. The van der Waals surface area contributed by atoms with Gasteiger partial charge in [0.05, 0.1) is 11.2 Å². The first kappa shape index (κ1) is 18.7. The molecule has 6 nitrogen and oxygen atoms in total. The maximum atomic E-state index is 6.41. The highest BCUT2D eigenvalue weighted by Gasteiger charge is 2.39. The summed E-state index contributed by atoms with van der Waals surface area (Å²) in [5, 5.41) is 15.2. The van der Waals surface area contributed by atoms with Gasteiger partial charge in [0.1, 0.15) is 6.61 Å². The Balaban J connectivity index is 1.34. The van der Waals surface area contributed by atoms with Crippen LogP contribution in [0.15, 0.2) is 66.7 Å². The lowest BCUT2D eigenvalue weighted by molar-refractivity contribution is 0.265. The van der Waals surface area contributed by atoms with Crippen molar-refractivity contribution in [3.8, 4) is 17.3 Å². The van der Waals surface area contributed by atoms with Crippen LogP contribution in [-0.4, -0.2) is 24.8 Å². The quantitative estimate of drug-likeness (QED) is 0.365. The van der Waals surface area contributed by atoms with E-state index in [1.807, 2.05) is 59.1 Å². The molecule has 1 saturated carbocycles.